The van der Waals surface area contributed by atoms with E-state index in [2.05, 4.69) is 26.5 Å². The Morgan fingerprint density at radius 2 is 1.31 bits per heavy atom. The Balaban J connectivity index is 3.46. The Morgan fingerprint density at radius 1 is 0.808 bits per heavy atom. The van der Waals surface area contributed by atoms with Crippen molar-refractivity contribution in [3.63, 3.8) is 0 Å². The van der Waals surface area contributed by atoms with Crippen LogP contribution in [0.3, 0.4) is 0 Å². The highest BCUT2D eigenvalue weighted by molar-refractivity contribution is 6.80. The van der Waals surface area contributed by atoms with Gasteiger partial charge in [0.2, 0.25) is 0 Å². The van der Waals surface area contributed by atoms with Gasteiger partial charge in [-0.15, -0.1) is 0 Å². The Hall–Kier alpha value is -1.04. The van der Waals surface area contributed by atoms with E-state index in [1.54, 1.807) is 0 Å². The van der Waals surface area contributed by atoms with Crippen LogP contribution in [-0.2, 0) is 8.85 Å². The van der Waals surface area contributed by atoms with Crippen molar-refractivity contribution < 1.29 is 18.3 Å². The van der Waals surface area contributed by atoms with E-state index in [-0.39, 0.29) is 11.2 Å². The van der Waals surface area contributed by atoms with Crippen LogP contribution in [-0.4, -0.2) is 33.0 Å². The first kappa shape index (κ1) is 23.0. The first-order valence-corrected chi connectivity index (χ1v) is 12.0. The molecule has 0 aliphatic carbocycles. The highest BCUT2D eigenvalue weighted by Crippen LogP contribution is 2.33. The summed E-state index contributed by atoms with van der Waals surface area (Å²) in [7, 11) is -2.62. The molecule has 0 N–H and O–H groups in total. The standard InChI is InChI=1S/C21H38O4Si/c1-10-15-22-26(9,23-16-11-2)18-14-12-13-17(24-20(3,4)5)19(18)25-21(6,7)8/h12-14H,10-11,15-16H2,1-9H3. The maximum atomic E-state index is 6.37. The summed E-state index contributed by atoms with van der Waals surface area (Å²) in [6.07, 6.45) is 1.90. The average Bonchev–Trinajstić information content (AvgIpc) is 2.50. The van der Waals surface area contributed by atoms with Crippen LogP contribution in [0.5, 0.6) is 11.5 Å². The van der Waals surface area contributed by atoms with Gasteiger partial charge in [0.15, 0.2) is 11.5 Å². The molecule has 0 spiro atoms. The van der Waals surface area contributed by atoms with E-state index >= 15 is 0 Å². The van der Waals surface area contributed by atoms with Gasteiger partial charge in [0.1, 0.15) is 11.2 Å². The van der Waals surface area contributed by atoms with Crippen molar-refractivity contribution in [2.45, 2.75) is 86.0 Å². The molecule has 0 radical (unpaired) electrons. The van der Waals surface area contributed by atoms with E-state index in [9.17, 15) is 0 Å². The number of ether oxygens (including phenoxy) is 2. The molecule has 0 fully saturated rings. The largest absolute Gasteiger partial charge is 0.484 e. The summed E-state index contributed by atoms with van der Waals surface area (Å²) in [6, 6.07) is 6.03. The molecular formula is C21H38O4Si. The molecule has 0 unspecified atom stereocenters. The number of rotatable bonds is 9. The van der Waals surface area contributed by atoms with E-state index in [1.165, 1.54) is 0 Å². The third kappa shape index (κ3) is 7.29. The summed E-state index contributed by atoms with van der Waals surface area (Å²) >= 11 is 0. The minimum Gasteiger partial charge on any atom is -0.484 e. The molecule has 1 aromatic carbocycles. The second-order valence-electron chi connectivity index (χ2n) is 8.70. The van der Waals surface area contributed by atoms with Crippen LogP contribution < -0.4 is 14.7 Å². The van der Waals surface area contributed by atoms with Crippen molar-refractivity contribution in [1.29, 1.82) is 0 Å². The monoisotopic (exact) mass is 382 g/mol. The molecule has 0 aromatic heterocycles. The zero-order chi connectivity index (χ0) is 20.0. The van der Waals surface area contributed by atoms with E-state index < -0.39 is 8.56 Å². The summed E-state index contributed by atoms with van der Waals surface area (Å²) in [5, 5.41) is 0.996. The molecule has 0 saturated carbocycles. The molecule has 0 atom stereocenters. The molecule has 150 valence electrons. The van der Waals surface area contributed by atoms with Crippen molar-refractivity contribution in [3.8, 4) is 11.5 Å². The molecule has 0 aliphatic rings. The quantitative estimate of drug-likeness (QED) is 0.552. The average molecular weight is 383 g/mol. The van der Waals surface area contributed by atoms with Gasteiger partial charge in [0.05, 0.1) is 0 Å². The Bertz CT molecular complexity index is 550. The number of benzene rings is 1. The van der Waals surface area contributed by atoms with Crippen molar-refractivity contribution in [2.75, 3.05) is 13.2 Å². The van der Waals surface area contributed by atoms with Gasteiger partial charge in [-0.3, -0.25) is 0 Å². The zero-order valence-corrected chi connectivity index (χ0v) is 19.2. The van der Waals surface area contributed by atoms with Gasteiger partial charge in [-0.05, 0) is 67.0 Å². The lowest BCUT2D eigenvalue weighted by molar-refractivity contribution is 0.0958. The first-order chi connectivity index (χ1) is 11.9. The van der Waals surface area contributed by atoms with Crippen molar-refractivity contribution >= 4 is 13.7 Å². The molecule has 0 amide bonds. The SMILES string of the molecule is CCCO[Si](C)(OCCC)c1cccc(OC(C)(C)C)c1OC(C)(C)C. The van der Waals surface area contributed by atoms with Gasteiger partial charge < -0.3 is 18.3 Å². The Morgan fingerprint density at radius 3 is 1.73 bits per heavy atom. The zero-order valence-electron chi connectivity index (χ0n) is 18.2. The molecule has 0 aliphatic heterocycles. The van der Waals surface area contributed by atoms with Crippen molar-refractivity contribution in [1.82, 2.24) is 0 Å². The minimum absolute atomic E-state index is 0.318. The summed E-state index contributed by atoms with van der Waals surface area (Å²) in [4.78, 5) is 0. The summed E-state index contributed by atoms with van der Waals surface area (Å²) in [5.74, 6) is 1.49. The van der Waals surface area contributed by atoms with E-state index in [4.69, 9.17) is 18.3 Å². The second kappa shape index (κ2) is 9.24. The lowest BCUT2D eigenvalue weighted by atomic mass is 10.1. The fourth-order valence-corrected chi connectivity index (χ4v) is 5.05. The highest BCUT2D eigenvalue weighted by atomic mass is 28.4. The molecule has 4 nitrogen and oxygen atoms in total. The topological polar surface area (TPSA) is 36.9 Å². The third-order valence-electron chi connectivity index (χ3n) is 3.46. The third-order valence-corrected chi connectivity index (χ3v) is 6.34. The summed E-state index contributed by atoms with van der Waals surface area (Å²) in [5.41, 5.74) is -0.669. The molecular weight excluding hydrogens is 344 g/mol. The van der Waals surface area contributed by atoms with Crippen LogP contribution in [0.15, 0.2) is 18.2 Å². The van der Waals surface area contributed by atoms with Gasteiger partial charge in [0, 0.05) is 18.4 Å². The Labute approximate surface area is 161 Å². The molecule has 5 heteroatoms. The summed E-state index contributed by atoms with van der Waals surface area (Å²) < 4.78 is 25.2. The van der Waals surface area contributed by atoms with Crippen LogP contribution in [0.4, 0.5) is 0 Å². The van der Waals surface area contributed by atoms with Gasteiger partial charge in [-0.1, -0.05) is 26.0 Å². The van der Waals surface area contributed by atoms with Gasteiger partial charge in [-0.2, -0.15) is 0 Å². The van der Waals surface area contributed by atoms with Gasteiger partial charge in [-0.25, -0.2) is 0 Å². The smallest absolute Gasteiger partial charge is 0.373 e. The van der Waals surface area contributed by atoms with Gasteiger partial charge in [0.25, 0.3) is 0 Å². The van der Waals surface area contributed by atoms with E-state index in [1.807, 2.05) is 53.7 Å². The van der Waals surface area contributed by atoms with Crippen molar-refractivity contribution in [2.24, 2.45) is 0 Å². The minimum atomic E-state index is -2.62. The second-order valence-corrected chi connectivity index (χ2v) is 11.7. The fraction of sp³-hybridized carbons (Fsp3) is 0.714. The van der Waals surface area contributed by atoms with Crippen LogP contribution in [0, 0.1) is 0 Å². The van der Waals surface area contributed by atoms with Gasteiger partial charge >= 0.3 is 8.56 Å². The normalized spacial score (nSPS) is 13.0. The fourth-order valence-electron chi connectivity index (χ4n) is 2.49. The highest BCUT2D eigenvalue weighted by Gasteiger charge is 2.39. The van der Waals surface area contributed by atoms with E-state index in [0.717, 1.165) is 29.5 Å². The Kier molecular flexibility index (Phi) is 8.18. The molecule has 1 rings (SSSR count). The lowest BCUT2D eigenvalue weighted by Crippen LogP contribution is -2.52. The number of hydrogen-bond donors (Lipinski definition) is 0. The van der Waals surface area contributed by atoms with Crippen LogP contribution in [0.1, 0.15) is 68.2 Å². The van der Waals surface area contributed by atoms with E-state index in [0.29, 0.717) is 13.2 Å². The lowest BCUT2D eigenvalue weighted by Gasteiger charge is -2.33. The van der Waals surface area contributed by atoms with Crippen molar-refractivity contribution in [3.05, 3.63) is 18.2 Å². The summed E-state index contributed by atoms with van der Waals surface area (Å²) in [6.45, 7) is 19.9. The van der Waals surface area contributed by atoms with Crippen LogP contribution in [0.25, 0.3) is 0 Å². The molecule has 0 heterocycles. The molecule has 1 aromatic rings. The van der Waals surface area contributed by atoms with Crippen LogP contribution in [0.2, 0.25) is 6.55 Å². The first-order valence-electron chi connectivity index (χ1n) is 9.71. The molecule has 0 bridgehead atoms. The molecule has 0 saturated heterocycles. The molecule has 26 heavy (non-hydrogen) atoms. The maximum absolute atomic E-state index is 6.37. The number of hydrogen-bond acceptors (Lipinski definition) is 4. The van der Waals surface area contributed by atoms with Crippen LogP contribution >= 0.6 is 0 Å². The predicted octanol–water partition coefficient (Wildman–Crippen LogP) is 5.17. The maximum Gasteiger partial charge on any atom is 0.373 e. The number of para-hydroxylation sites is 1. The predicted molar refractivity (Wildman–Crippen MR) is 111 cm³/mol.